The summed E-state index contributed by atoms with van der Waals surface area (Å²) in [7, 11) is 0. The zero-order chi connectivity index (χ0) is 14.9. The molecular weight excluding hydrogens is 266 g/mol. The van der Waals surface area contributed by atoms with Gasteiger partial charge in [0.15, 0.2) is 0 Å². The fourth-order valence-electron chi connectivity index (χ4n) is 3.51. The number of carboxylic acids is 1. The van der Waals surface area contributed by atoms with Crippen molar-refractivity contribution in [3.63, 3.8) is 0 Å². The summed E-state index contributed by atoms with van der Waals surface area (Å²) in [4.78, 5) is 11.8. The van der Waals surface area contributed by atoms with Crippen LogP contribution in [0.4, 0.5) is 0 Å². The number of likely N-dealkylation sites (N-methyl/N-ethyl adjacent to an activating group) is 1. The highest BCUT2D eigenvalue weighted by Gasteiger charge is 2.43. The van der Waals surface area contributed by atoms with E-state index < -0.39 is 11.5 Å². The number of nitrogens with one attached hydrogen (secondary N) is 1. The molecule has 5 heteroatoms. The zero-order valence-electron chi connectivity index (χ0n) is 12.2. The third kappa shape index (κ3) is 2.42. The van der Waals surface area contributed by atoms with Crippen molar-refractivity contribution in [1.82, 2.24) is 15.1 Å². The molecule has 1 fully saturated rings. The Morgan fingerprint density at radius 2 is 2.33 bits per heavy atom. The van der Waals surface area contributed by atoms with Crippen molar-refractivity contribution in [1.29, 1.82) is 0 Å². The molecule has 1 aliphatic carbocycles. The number of aromatic nitrogens is 2. The molecule has 3 rings (SSSR count). The van der Waals surface area contributed by atoms with Crippen LogP contribution in [0.2, 0.25) is 0 Å². The molecule has 0 radical (unpaired) electrons. The molecule has 1 aromatic heterocycles. The number of carbonyl (C=O) groups is 1. The van der Waals surface area contributed by atoms with Crippen LogP contribution in [0.5, 0.6) is 0 Å². The van der Waals surface area contributed by atoms with Crippen LogP contribution in [0, 0.1) is 0 Å². The summed E-state index contributed by atoms with van der Waals surface area (Å²) in [5.74, 6) is -0.745. The van der Waals surface area contributed by atoms with Crippen LogP contribution in [0.3, 0.4) is 0 Å². The van der Waals surface area contributed by atoms with Gasteiger partial charge in [-0.15, -0.1) is 0 Å². The van der Waals surface area contributed by atoms with Crippen molar-refractivity contribution in [2.24, 2.45) is 0 Å². The molecule has 2 atom stereocenters. The Labute approximate surface area is 124 Å². The van der Waals surface area contributed by atoms with Crippen molar-refractivity contribution in [3.05, 3.63) is 30.5 Å². The van der Waals surface area contributed by atoms with Gasteiger partial charge in [-0.1, -0.05) is 25.1 Å². The Kier molecular flexibility index (Phi) is 3.68. The molecule has 0 spiro atoms. The Balaban J connectivity index is 1.94. The number of carboxylic acid groups (broad SMARTS) is 1. The van der Waals surface area contributed by atoms with E-state index in [-0.39, 0.29) is 6.04 Å². The lowest BCUT2D eigenvalue weighted by molar-refractivity contribution is -0.147. The Bertz CT molecular complexity index is 648. The number of hydrogen-bond donors (Lipinski definition) is 2. The van der Waals surface area contributed by atoms with E-state index >= 15 is 0 Å². The fraction of sp³-hybridized carbons (Fsp3) is 0.500. The first-order valence-corrected chi connectivity index (χ1v) is 7.57. The molecule has 112 valence electrons. The van der Waals surface area contributed by atoms with Gasteiger partial charge in [0, 0.05) is 5.39 Å². The van der Waals surface area contributed by atoms with Crippen molar-refractivity contribution >= 4 is 16.9 Å². The van der Waals surface area contributed by atoms with Gasteiger partial charge in [0.05, 0.1) is 17.8 Å². The second kappa shape index (κ2) is 5.48. The molecular formula is C16H21N3O2. The molecule has 1 aliphatic rings. The highest BCUT2D eigenvalue weighted by molar-refractivity contribution is 5.80. The minimum atomic E-state index is -0.815. The topological polar surface area (TPSA) is 67.2 Å². The highest BCUT2D eigenvalue weighted by Crippen LogP contribution is 2.36. The molecule has 5 nitrogen and oxygen atoms in total. The monoisotopic (exact) mass is 287 g/mol. The van der Waals surface area contributed by atoms with E-state index in [1.807, 2.05) is 42.1 Å². The summed E-state index contributed by atoms with van der Waals surface area (Å²) >= 11 is 0. The van der Waals surface area contributed by atoms with E-state index in [1.54, 1.807) is 0 Å². The molecule has 0 aliphatic heterocycles. The van der Waals surface area contributed by atoms with Gasteiger partial charge in [0.2, 0.25) is 0 Å². The van der Waals surface area contributed by atoms with Gasteiger partial charge in [-0.2, -0.15) is 5.10 Å². The SMILES string of the molecule is CCNC1(C(=O)O)CCCC(n2ncc3ccccc32)C1. The second-order valence-electron chi connectivity index (χ2n) is 5.82. The van der Waals surface area contributed by atoms with E-state index in [0.717, 1.165) is 23.7 Å². The first-order chi connectivity index (χ1) is 10.2. The zero-order valence-corrected chi connectivity index (χ0v) is 12.2. The molecule has 0 saturated heterocycles. The molecule has 2 N–H and O–H groups in total. The van der Waals surface area contributed by atoms with Crippen LogP contribution in [0.15, 0.2) is 30.5 Å². The summed E-state index contributed by atoms with van der Waals surface area (Å²) in [6.45, 7) is 2.62. The normalized spacial score (nSPS) is 26.0. The lowest BCUT2D eigenvalue weighted by atomic mass is 9.79. The van der Waals surface area contributed by atoms with Crippen LogP contribution in [-0.2, 0) is 4.79 Å². The van der Waals surface area contributed by atoms with Crippen LogP contribution in [-0.4, -0.2) is 32.9 Å². The van der Waals surface area contributed by atoms with Gasteiger partial charge in [0.1, 0.15) is 5.54 Å². The van der Waals surface area contributed by atoms with E-state index in [9.17, 15) is 9.90 Å². The van der Waals surface area contributed by atoms with Crippen LogP contribution >= 0.6 is 0 Å². The average Bonchev–Trinajstić information content (AvgIpc) is 2.91. The average molecular weight is 287 g/mol. The number of benzene rings is 1. The van der Waals surface area contributed by atoms with E-state index in [2.05, 4.69) is 10.4 Å². The molecule has 1 aromatic carbocycles. The number of nitrogens with zero attached hydrogens (tertiary/aromatic N) is 2. The Morgan fingerprint density at radius 3 is 3.10 bits per heavy atom. The summed E-state index contributed by atoms with van der Waals surface area (Å²) in [5, 5.41) is 18.5. The molecule has 1 heterocycles. The van der Waals surface area contributed by atoms with E-state index in [4.69, 9.17) is 0 Å². The largest absolute Gasteiger partial charge is 0.480 e. The lowest BCUT2D eigenvalue weighted by Crippen LogP contribution is -2.55. The number of fused-ring (bicyclic) bond motifs is 1. The molecule has 2 unspecified atom stereocenters. The predicted molar refractivity (Wildman–Crippen MR) is 81.3 cm³/mol. The van der Waals surface area contributed by atoms with Crippen molar-refractivity contribution in [2.75, 3.05) is 6.54 Å². The summed E-state index contributed by atoms with van der Waals surface area (Å²) in [6, 6.07) is 8.21. The van der Waals surface area contributed by atoms with Gasteiger partial charge in [0.25, 0.3) is 0 Å². The quantitative estimate of drug-likeness (QED) is 0.907. The number of aliphatic carboxylic acids is 1. The van der Waals surface area contributed by atoms with E-state index in [1.165, 1.54) is 0 Å². The third-order valence-electron chi connectivity index (χ3n) is 4.50. The highest BCUT2D eigenvalue weighted by atomic mass is 16.4. The molecule has 0 amide bonds. The summed E-state index contributed by atoms with van der Waals surface area (Å²) < 4.78 is 2.00. The van der Waals surface area contributed by atoms with Gasteiger partial charge in [-0.05, 0) is 38.3 Å². The van der Waals surface area contributed by atoms with E-state index in [0.29, 0.717) is 19.4 Å². The minimum absolute atomic E-state index is 0.133. The maximum atomic E-state index is 11.8. The first kappa shape index (κ1) is 14.1. The van der Waals surface area contributed by atoms with Crippen molar-refractivity contribution < 1.29 is 9.90 Å². The van der Waals surface area contributed by atoms with Crippen LogP contribution in [0.1, 0.15) is 38.6 Å². The standard InChI is InChI=1S/C16H21N3O2/c1-2-17-16(15(20)21)9-5-7-13(10-16)19-14-8-4-3-6-12(14)11-18-19/h3-4,6,8,11,13,17H,2,5,7,9-10H2,1H3,(H,20,21). The second-order valence-corrected chi connectivity index (χ2v) is 5.82. The summed E-state index contributed by atoms with van der Waals surface area (Å²) in [6.07, 6.45) is 5.01. The van der Waals surface area contributed by atoms with Gasteiger partial charge in [-0.3, -0.25) is 9.48 Å². The van der Waals surface area contributed by atoms with Crippen molar-refractivity contribution in [2.45, 2.75) is 44.2 Å². The van der Waals surface area contributed by atoms with Gasteiger partial charge < -0.3 is 10.4 Å². The number of hydrogen-bond acceptors (Lipinski definition) is 3. The van der Waals surface area contributed by atoms with Crippen LogP contribution in [0.25, 0.3) is 10.9 Å². The predicted octanol–water partition coefficient (Wildman–Crippen LogP) is 2.58. The van der Waals surface area contributed by atoms with Crippen molar-refractivity contribution in [3.8, 4) is 0 Å². The molecule has 0 bridgehead atoms. The maximum Gasteiger partial charge on any atom is 0.323 e. The minimum Gasteiger partial charge on any atom is -0.480 e. The molecule has 21 heavy (non-hydrogen) atoms. The Hall–Kier alpha value is -1.88. The molecule has 1 saturated carbocycles. The number of para-hydroxylation sites is 1. The van der Waals surface area contributed by atoms with Gasteiger partial charge in [-0.25, -0.2) is 0 Å². The fourth-order valence-corrected chi connectivity index (χ4v) is 3.51. The molecule has 2 aromatic rings. The summed E-state index contributed by atoms with van der Waals surface area (Å²) in [5.41, 5.74) is 0.269. The first-order valence-electron chi connectivity index (χ1n) is 7.57. The Morgan fingerprint density at radius 1 is 1.52 bits per heavy atom. The smallest absolute Gasteiger partial charge is 0.323 e. The lowest BCUT2D eigenvalue weighted by Gasteiger charge is -2.38. The third-order valence-corrected chi connectivity index (χ3v) is 4.50. The van der Waals surface area contributed by atoms with Gasteiger partial charge >= 0.3 is 5.97 Å². The maximum absolute atomic E-state index is 11.8. The van der Waals surface area contributed by atoms with Crippen LogP contribution < -0.4 is 5.32 Å². The number of rotatable bonds is 4.